The summed E-state index contributed by atoms with van der Waals surface area (Å²) in [7, 11) is 1.36. The average Bonchev–Trinajstić information content (AvgIpc) is 2.29. The van der Waals surface area contributed by atoms with Crippen LogP contribution in [-0.4, -0.2) is 24.3 Å². The Bertz CT molecular complexity index is 195. The fraction of sp³-hybridized carbons (Fsp3) is 0.917. The molecule has 1 saturated carbocycles. The molecule has 3 heteroatoms. The first-order valence-corrected chi connectivity index (χ1v) is 5.92. The van der Waals surface area contributed by atoms with Crippen molar-refractivity contribution in [2.45, 2.75) is 51.6 Å². The van der Waals surface area contributed by atoms with Crippen molar-refractivity contribution >= 4 is 5.97 Å². The van der Waals surface area contributed by atoms with Crippen LogP contribution in [0, 0.1) is 11.8 Å². The third-order valence-corrected chi connectivity index (χ3v) is 3.62. The molecule has 0 saturated heterocycles. The molecule has 0 heterocycles. The fourth-order valence-electron chi connectivity index (χ4n) is 2.40. The Kier molecular flexibility index (Phi) is 5.09. The molecule has 1 atom stereocenters. The van der Waals surface area contributed by atoms with Gasteiger partial charge in [0, 0.05) is 0 Å². The number of aliphatic hydroxyl groups excluding tert-OH is 1. The lowest BCUT2D eigenvalue weighted by molar-refractivity contribution is -0.143. The number of carbonyl (C=O) groups excluding carboxylic acids is 1. The van der Waals surface area contributed by atoms with E-state index in [9.17, 15) is 9.90 Å². The molecule has 1 fully saturated rings. The van der Waals surface area contributed by atoms with Crippen LogP contribution in [0.3, 0.4) is 0 Å². The van der Waals surface area contributed by atoms with Crippen LogP contribution < -0.4 is 0 Å². The second-order valence-corrected chi connectivity index (χ2v) is 4.54. The zero-order valence-electron chi connectivity index (χ0n) is 9.74. The van der Waals surface area contributed by atoms with E-state index in [2.05, 4.69) is 11.7 Å². The van der Waals surface area contributed by atoms with Gasteiger partial charge in [0.25, 0.3) is 0 Å². The van der Waals surface area contributed by atoms with Crippen LogP contribution in [0.2, 0.25) is 0 Å². The molecular weight excluding hydrogens is 192 g/mol. The number of hydrogen-bond acceptors (Lipinski definition) is 3. The Morgan fingerprint density at radius 3 is 2.47 bits per heavy atom. The zero-order chi connectivity index (χ0) is 11.3. The molecule has 1 aliphatic rings. The second-order valence-electron chi connectivity index (χ2n) is 4.54. The molecule has 1 unspecified atom stereocenters. The third kappa shape index (κ3) is 3.82. The Labute approximate surface area is 91.8 Å². The minimum absolute atomic E-state index is 0.151. The van der Waals surface area contributed by atoms with Crippen LogP contribution in [0.15, 0.2) is 0 Å². The summed E-state index contributed by atoms with van der Waals surface area (Å²) in [5.74, 6) is 0.818. The van der Waals surface area contributed by atoms with E-state index in [0.717, 1.165) is 18.8 Å². The van der Waals surface area contributed by atoms with Gasteiger partial charge in [0.15, 0.2) is 0 Å². The van der Waals surface area contributed by atoms with Gasteiger partial charge in [-0.3, -0.25) is 4.79 Å². The molecule has 0 aromatic heterocycles. The van der Waals surface area contributed by atoms with Crippen molar-refractivity contribution in [2.75, 3.05) is 7.11 Å². The standard InChI is InChI=1S/C12H22O3/c1-3-9-4-6-10(7-5-9)11(13)8-12(14)15-2/h9-11,13H,3-8H2,1-2H3. The van der Waals surface area contributed by atoms with Crippen molar-refractivity contribution in [1.29, 1.82) is 0 Å². The van der Waals surface area contributed by atoms with Crippen LogP contribution in [0.25, 0.3) is 0 Å². The predicted octanol–water partition coefficient (Wildman–Crippen LogP) is 2.13. The van der Waals surface area contributed by atoms with Crippen molar-refractivity contribution in [1.82, 2.24) is 0 Å². The van der Waals surface area contributed by atoms with Crippen LogP contribution in [0.5, 0.6) is 0 Å². The summed E-state index contributed by atoms with van der Waals surface area (Å²) >= 11 is 0. The van der Waals surface area contributed by atoms with Crippen molar-refractivity contribution in [3.05, 3.63) is 0 Å². The van der Waals surface area contributed by atoms with Gasteiger partial charge in [0.2, 0.25) is 0 Å². The Balaban J connectivity index is 2.29. The summed E-state index contributed by atoms with van der Waals surface area (Å²) in [5, 5.41) is 9.83. The predicted molar refractivity (Wildman–Crippen MR) is 58.4 cm³/mol. The van der Waals surface area contributed by atoms with Gasteiger partial charge in [-0.1, -0.05) is 26.2 Å². The van der Waals surface area contributed by atoms with E-state index in [0.29, 0.717) is 5.92 Å². The Morgan fingerprint density at radius 1 is 1.40 bits per heavy atom. The van der Waals surface area contributed by atoms with Crippen LogP contribution >= 0.6 is 0 Å². The van der Waals surface area contributed by atoms with Crippen LogP contribution in [0.4, 0.5) is 0 Å². The molecule has 0 amide bonds. The third-order valence-electron chi connectivity index (χ3n) is 3.62. The molecule has 0 aromatic carbocycles. The minimum Gasteiger partial charge on any atom is -0.469 e. The number of aliphatic hydroxyl groups is 1. The Hall–Kier alpha value is -0.570. The minimum atomic E-state index is -0.504. The number of rotatable bonds is 4. The highest BCUT2D eigenvalue weighted by Gasteiger charge is 2.27. The molecule has 0 aliphatic heterocycles. The van der Waals surface area contributed by atoms with Gasteiger partial charge < -0.3 is 9.84 Å². The number of ether oxygens (including phenoxy) is 1. The summed E-state index contributed by atoms with van der Waals surface area (Å²) in [6.45, 7) is 2.22. The number of methoxy groups -OCH3 is 1. The number of hydrogen-bond donors (Lipinski definition) is 1. The van der Waals surface area contributed by atoms with Gasteiger partial charge in [-0.05, 0) is 24.7 Å². The number of esters is 1. The van der Waals surface area contributed by atoms with E-state index in [4.69, 9.17) is 0 Å². The van der Waals surface area contributed by atoms with Crippen molar-refractivity contribution in [3.63, 3.8) is 0 Å². The summed E-state index contributed by atoms with van der Waals surface area (Å²) in [6, 6.07) is 0. The van der Waals surface area contributed by atoms with E-state index in [-0.39, 0.29) is 12.4 Å². The van der Waals surface area contributed by atoms with Gasteiger partial charge in [-0.25, -0.2) is 0 Å². The molecule has 88 valence electrons. The summed E-state index contributed by atoms with van der Waals surface area (Å²) in [6.07, 6.45) is 5.37. The first kappa shape index (κ1) is 12.5. The van der Waals surface area contributed by atoms with Gasteiger partial charge in [-0.2, -0.15) is 0 Å². The lowest BCUT2D eigenvalue weighted by Crippen LogP contribution is -2.28. The molecule has 0 aromatic rings. The van der Waals surface area contributed by atoms with Crippen LogP contribution in [0.1, 0.15) is 45.4 Å². The maximum Gasteiger partial charge on any atom is 0.308 e. The molecule has 15 heavy (non-hydrogen) atoms. The average molecular weight is 214 g/mol. The Morgan fingerprint density at radius 2 is 2.00 bits per heavy atom. The molecule has 0 spiro atoms. The fourth-order valence-corrected chi connectivity index (χ4v) is 2.40. The van der Waals surface area contributed by atoms with E-state index in [1.54, 1.807) is 0 Å². The van der Waals surface area contributed by atoms with Crippen molar-refractivity contribution in [3.8, 4) is 0 Å². The molecule has 0 radical (unpaired) electrons. The molecular formula is C12H22O3. The monoisotopic (exact) mass is 214 g/mol. The van der Waals surface area contributed by atoms with Gasteiger partial charge in [-0.15, -0.1) is 0 Å². The van der Waals surface area contributed by atoms with Gasteiger partial charge >= 0.3 is 5.97 Å². The van der Waals surface area contributed by atoms with E-state index >= 15 is 0 Å². The first-order chi connectivity index (χ1) is 7.17. The SMILES string of the molecule is CCC1CCC(C(O)CC(=O)OC)CC1. The lowest BCUT2D eigenvalue weighted by atomic mass is 9.78. The van der Waals surface area contributed by atoms with Gasteiger partial charge in [0.1, 0.15) is 0 Å². The summed E-state index contributed by atoms with van der Waals surface area (Å²) < 4.78 is 4.56. The lowest BCUT2D eigenvalue weighted by Gasteiger charge is -2.30. The van der Waals surface area contributed by atoms with Crippen LogP contribution in [-0.2, 0) is 9.53 Å². The van der Waals surface area contributed by atoms with E-state index in [1.165, 1.54) is 26.4 Å². The van der Waals surface area contributed by atoms with Crippen molar-refractivity contribution < 1.29 is 14.6 Å². The largest absolute Gasteiger partial charge is 0.469 e. The first-order valence-electron chi connectivity index (χ1n) is 5.92. The maximum absolute atomic E-state index is 11.0. The van der Waals surface area contributed by atoms with Gasteiger partial charge in [0.05, 0.1) is 19.6 Å². The highest BCUT2D eigenvalue weighted by molar-refractivity contribution is 5.69. The number of carbonyl (C=O) groups is 1. The molecule has 1 aliphatic carbocycles. The molecule has 3 nitrogen and oxygen atoms in total. The normalized spacial score (nSPS) is 28.5. The van der Waals surface area contributed by atoms with E-state index < -0.39 is 6.10 Å². The molecule has 0 bridgehead atoms. The summed E-state index contributed by atoms with van der Waals surface area (Å²) in [5.41, 5.74) is 0. The molecule has 1 rings (SSSR count). The van der Waals surface area contributed by atoms with Crippen molar-refractivity contribution in [2.24, 2.45) is 11.8 Å². The highest BCUT2D eigenvalue weighted by Crippen LogP contribution is 2.33. The topological polar surface area (TPSA) is 46.5 Å². The molecule has 1 N–H and O–H groups in total. The maximum atomic E-state index is 11.0. The zero-order valence-corrected chi connectivity index (χ0v) is 9.74. The smallest absolute Gasteiger partial charge is 0.308 e. The quantitative estimate of drug-likeness (QED) is 0.729. The second kappa shape index (κ2) is 6.11. The van der Waals surface area contributed by atoms with E-state index in [1.807, 2.05) is 0 Å². The highest BCUT2D eigenvalue weighted by atomic mass is 16.5. The summed E-state index contributed by atoms with van der Waals surface area (Å²) in [4.78, 5) is 11.0.